The summed E-state index contributed by atoms with van der Waals surface area (Å²) < 4.78 is 15.8. The lowest BCUT2D eigenvalue weighted by molar-refractivity contribution is -0.120. The standard InChI is InChI=1S/C13H18N2O5.ClH/c1-14-6-13(17)15-5-9(16)7-18-10-2-3-11-12(4-10)20-8-19-11;/h2-4,9,14,16H,5-8H2,1H3,(H,15,17);1H. The van der Waals surface area contributed by atoms with Crippen molar-refractivity contribution in [2.75, 3.05) is 33.5 Å². The summed E-state index contributed by atoms with van der Waals surface area (Å²) in [6.45, 7) is 0.652. The van der Waals surface area contributed by atoms with Crippen LogP contribution in [0.2, 0.25) is 0 Å². The molecule has 1 heterocycles. The lowest BCUT2D eigenvalue weighted by atomic mass is 10.3. The summed E-state index contributed by atoms with van der Waals surface area (Å²) in [6, 6.07) is 5.19. The number of hydrogen-bond donors (Lipinski definition) is 3. The molecule has 0 spiro atoms. The van der Waals surface area contributed by atoms with Gasteiger partial charge in [-0.15, -0.1) is 12.4 Å². The predicted octanol–water partition coefficient (Wildman–Crippen LogP) is -0.0876. The molecule has 0 saturated heterocycles. The van der Waals surface area contributed by atoms with E-state index in [-0.39, 0.29) is 44.8 Å². The molecule has 21 heavy (non-hydrogen) atoms. The molecule has 1 aliphatic rings. The minimum absolute atomic E-state index is 0. The summed E-state index contributed by atoms with van der Waals surface area (Å²) in [6.07, 6.45) is -0.777. The molecule has 0 saturated carbocycles. The van der Waals surface area contributed by atoms with Crippen LogP contribution in [0.15, 0.2) is 18.2 Å². The van der Waals surface area contributed by atoms with Gasteiger partial charge in [-0.1, -0.05) is 0 Å². The number of ether oxygens (including phenoxy) is 3. The van der Waals surface area contributed by atoms with E-state index in [1.807, 2.05) is 0 Å². The summed E-state index contributed by atoms with van der Waals surface area (Å²) >= 11 is 0. The Morgan fingerprint density at radius 1 is 1.43 bits per heavy atom. The van der Waals surface area contributed by atoms with Gasteiger partial charge >= 0.3 is 0 Å². The Morgan fingerprint density at radius 3 is 2.95 bits per heavy atom. The van der Waals surface area contributed by atoms with Crippen LogP contribution in [0.4, 0.5) is 0 Å². The van der Waals surface area contributed by atoms with Crippen LogP contribution in [0.5, 0.6) is 17.2 Å². The third-order valence-electron chi connectivity index (χ3n) is 2.66. The summed E-state index contributed by atoms with van der Waals surface area (Å²) in [5.41, 5.74) is 0. The smallest absolute Gasteiger partial charge is 0.234 e. The SMILES string of the molecule is CNCC(=O)NCC(O)COc1ccc2c(c1)OCO2.Cl. The molecular formula is C13H19ClN2O5. The average Bonchev–Trinajstić information content (AvgIpc) is 2.90. The first-order valence-corrected chi connectivity index (χ1v) is 6.31. The highest BCUT2D eigenvalue weighted by Crippen LogP contribution is 2.35. The predicted molar refractivity (Wildman–Crippen MR) is 78.3 cm³/mol. The van der Waals surface area contributed by atoms with Crippen molar-refractivity contribution in [2.24, 2.45) is 0 Å². The molecule has 118 valence electrons. The van der Waals surface area contributed by atoms with Crippen molar-refractivity contribution < 1.29 is 24.1 Å². The number of aliphatic hydroxyl groups is 1. The number of rotatable bonds is 7. The number of halogens is 1. The molecule has 0 bridgehead atoms. The van der Waals surface area contributed by atoms with Crippen molar-refractivity contribution in [3.8, 4) is 17.2 Å². The number of amides is 1. The van der Waals surface area contributed by atoms with Crippen molar-refractivity contribution >= 4 is 18.3 Å². The molecule has 1 aromatic rings. The van der Waals surface area contributed by atoms with Crippen LogP contribution in [0.25, 0.3) is 0 Å². The lowest BCUT2D eigenvalue weighted by Gasteiger charge is -2.13. The van der Waals surface area contributed by atoms with E-state index in [0.29, 0.717) is 17.2 Å². The Kier molecular flexibility index (Phi) is 7.07. The highest BCUT2D eigenvalue weighted by Gasteiger charge is 2.14. The van der Waals surface area contributed by atoms with E-state index in [0.717, 1.165) is 0 Å². The van der Waals surface area contributed by atoms with Gasteiger partial charge in [0.1, 0.15) is 18.5 Å². The highest BCUT2D eigenvalue weighted by atomic mass is 35.5. The van der Waals surface area contributed by atoms with Gasteiger partial charge in [0.15, 0.2) is 11.5 Å². The van der Waals surface area contributed by atoms with Crippen LogP contribution in [-0.4, -0.2) is 50.7 Å². The molecule has 1 unspecified atom stereocenters. The zero-order valence-corrected chi connectivity index (χ0v) is 12.4. The number of carbonyl (C=O) groups excluding carboxylic acids is 1. The van der Waals surface area contributed by atoms with Gasteiger partial charge < -0.3 is 30.0 Å². The second-order valence-electron chi connectivity index (χ2n) is 4.31. The number of fused-ring (bicyclic) bond motifs is 1. The Bertz CT molecular complexity index is 472. The van der Waals surface area contributed by atoms with Crippen molar-refractivity contribution in [2.45, 2.75) is 6.10 Å². The van der Waals surface area contributed by atoms with Gasteiger partial charge in [-0.3, -0.25) is 4.79 Å². The maximum atomic E-state index is 11.2. The highest BCUT2D eigenvalue weighted by molar-refractivity contribution is 5.85. The van der Waals surface area contributed by atoms with E-state index in [1.54, 1.807) is 25.2 Å². The molecule has 0 fully saturated rings. The maximum Gasteiger partial charge on any atom is 0.234 e. The number of carbonyl (C=O) groups is 1. The van der Waals surface area contributed by atoms with Crippen LogP contribution in [0, 0.1) is 0 Å². The van der Waals surface area contributed by atoms with Crippen LogP contribution in [-0.2, 0) is 4.79 Å². The number of hydrogen-bond acceptors (Lipinski definition) is 6. The number of likely N-dealkylation sites (N-methyl/N-ethyl adjacent to an activating group) is 1. The fraction of sp³-hybridized carbons (Fsp3) is 0.462. The van der Waals surface area contributed by atoms with Crippen molar-refractivity contribution in [1.82, 2.24) is 10.6 Å². The molecule has 3 N–H and O–H groups in total. The molecule has 0 radical (unpaired) electrons. The quantitative estimate of drug-likeness (QED) is 0.651. The lowest BCUT2D eigenvalue weighted by Crippen LogP contribution is -2.39. The second kappa shape index (κ2) is 8.56. The van der Waals surface area contributed by atoms with Gasteiger partial charge in [0.2, 0.25) is 12.7 Å². The normalized spacial score (nSPS) is 13.2. The largest absolute Gasteiger partial charge is 0.491 e. The summed E-state index contributed by atoms with van der Waals surface area (Å²) in [5, 5.41) is 15.0. The minimum atomic E-state index is -0.777. The average molecular weight is 319 g/mol. The van der Waals surface area contributed by atoms with Gasteiger partial charge in [0.05, 0.1) is 6.54 Å². The van der Waals surface area contributed by atoms with Crippen LogP contribution < -0.4 is 24.8 Å². The first-order chi connectivity index (χ1) is 9.69. The van der Waals surface area contributed by atoms with Crippen LogP contribution in [0.3, 0.4) is 0 Å². The van der Waals surface area contributed by atoms with Gasteiger partial charge in [0, 0.05) is 12.6 Å². The summed E-state index contributed by atoms with van der Waals surface area (Å²) in [5.74, 6) is 1.71. The van der Waals surface area contributed by atoms with Crippen molar-refractivity contribution in [1.29, 1.82) is 0 Å². The third-order valence-corrected chi connectivity index (χ3v) is 2.66. The molecular weight excluding hydrogens is 300 g/mol. The molecule has 1 amide bonds. The first kappa shape index (κ1) is 17.4. The van der Waals surface area contributed by atoms with Gasteiger partial charge in [-0.2, -0.15) is 0 Å². The molecule has 1 aliphatic heterocycles. The monoisotopic (exact) mass is 318 g/mol. The molecule has 0 aromatic heterocycles. The molecule has 1 atom stereocenters. The number of benzene rings is 1. The Balaban J connectivity index is 0.00000220. The Labute approximate surface area is 129 Å². The first-order valence-electron chi connectivity index (χ1n) is 6.31. The van der Waals surface area contributed by atoms with Crippen molar-refractivity contribution in [3.63, 3.8) is 0 Å². The molecule has 8 heteroatoms. The topological polar surface area (TPSA) is 89.1 Å². The second-order valence-corrected chi connectivity index (χ2v) is 4.31. The fourth-order valence-corrected chi connectivity index (χ4v) is 1.67. The van der Waals surface area contributed by atoms with E-state index in [1.165, 1.54) is 0 Å². The minimum Gasteiger partial charge on any atom is -0.491 e. The van der Waals surface area contributed by atoms with E-state index < -0.39 is 6.10 Å². The van der Waals surface area contributed by atoms with E-state index in [9.17, 15) is 9.90 Å². The van der Waals surface area contributed by atoms with Gasteiger partial charge in [-0.25, -0.2) is 0 Å². The molecule has 0 aliphatic carbocycles. The van der Waals surface area contributed by atoms with Crippen molar-refractivity contribution in [3.05, 3.63) is 18.2 Å². The third kappa shape index (κ3) is 5.30. The molecule has 2 rings (SSSR count). The Hall–Kier alpha value is -1.70. The fourth-order valence-electron chi connectivity index (χ4n) is 1.67. The zero-order valence-electron chi connectivity index (χ0n) is 11.6. The number of nitrogens with one attached hydrogen (secondary N) is 2. The summed E-state index contributed by atoms with van der Waals surface area (Å²) in [7, 11) is 1.68. The summed E-state index contributed by atoms with van der Waals surface area (Å²) in [4.78, 5) is 11.2. The van der Waals surface area contributed by atoms with E-state index in [4.69, 9.17) is 14.2 Å². The molecule has 1 aromatic carbocycles. The Morgan fingerprint density at radius 2 is 2.19 bits per heavy atom. The van der Waals surface area contributed by atoms with E-state index >= 15 is 0 Å². The molecule has 7 nitrogen and oxygen atoms in total. The van der Waals surface area contributed by atoms with Gasteiger partial charge in [-0.05, 0) is 19.2 Å². The maximum absolute atomic E-state index is 11.2. The van der Waals surface area contributed by atoms with Gasteiger partial charge in [0.25, 0.3) is 0 Å². The van der Waals surface area contributed by atoms with Crippen LogP contribution >= 0.6 is 12.4 Å². The van der Waals surface area contributed by atoms with Crippen LogP contribution in [0.1, 0.15) is 0 Å². The zero-order chi connectivity index (χ0) is 14.4. The van der Waals surface area contributed by atoms with E-state index in [2.05, 4.69) is 10.6 Å². The number of aliphatic hydroxyl groups excluding tert-OH is 1.